The van der Waals surface area contributed by atoms with Gasteiger partial charge < -0.3 is 14.8 Å². The van der Waals surface area contributed by atoms with Crippen LogP contribution in [-0.2, 0) is 0 Å². The van der Waals surface area contributed by atoms with E-state index in [9.17, 15) is 5.11 Å². The van der Waals surface area contributed by atoms with Crippen molar-refractivity contribution in [3.8, 4) is 17.3 Å². The van der Waals surface area contributed by atoms with Crippen LogP contribution in [0.5, 0.6) is 5.88 Å². The summed E-state index contributed by atoms with van der Waals surface area (Å²) >= 11 is 6.02. The zero-order chi connectivity index (χ0) is 18.1. The number of hydrogen-bond donors (Lipinski definition) is 2. The van der Waals surface area contributed by atoms with Crippen molar-refractivity contribution in [2.24, 2.45) is 0 Å². The lowest BCUT2D eigenvalue weighted by atomic mass is 10.0. The molecule has 7 heteroatoms. The minimum atomic E-state index is -0.844. The lowest BCUT2D eigenvalue weighted by molar-refractivity contribution is 0.221. The molecule has 4 aromatic rings. The van der Waals surface area contributed by atoms with Crippen molar-refractivity contribution in [1.29, 1.82) is 0 Å². The molecule has 0 aromatic carbocycles. The molecular formula is C19H15ClN4O2. The molecule has 4 heterocycles. The van der Waals surface area contributed by atoms with E-state index in [0.717, 1.165) is 5.39 Å². The van der Waals surface area contributed by atoms with Crippen molar-refractivity contribution in [3.05, 3.63) is 71.1 Å². The average Bonchev–Trinajstić information content (AvgIpc) is 3.10. The smallest absolute Gasteiger partial charge is 0.213 e. The second kappa shape index (κ2) is 6.74. The summed E-state index contributed by atoms with van der Waals surface area (Å²) in [7, 11) is 1.57. The fraction of sp³-hybridized carbons (Fsp3) is 0.105. The molecule has 0 fully saturated rings. The van der Waals surface area contributed by atoms with E-state index in [4.69, 9.17) is 16.3 Å². The van der Waals surface area contributed by atoms with E-state index in [1.165, 1.54) is 0 Å². The van der Waals surface area contributed by atoms with Crippen LogP contribution in [0.25, 0.3) is 22.4 Å². The highest BCUT2D eigenvalue weighted by Crippen LogP contribution is 2.30. The van der Waals surface area contributed by atoms with Gasteiger partial charge in [-0.15, -0.1) is 0 Å². The Kier molecular flexibility index (Phi) is 4.28. The van der Waals surface area contributed by atoms with Crippen LogP contribution in [0.1, 0.15) is 17.2 Å². The molecule has 130 valence electrons. The van der Waals surface area contributed by atoms with Gasteiger partial charge in [0.2, 0.25) is 5.88 Å². The van der Waals surface area contributed by atoms with Gasteiger partial charge in [-0.3, -0.25) is 4.98 Å². The van der Waals surface area contributed by atoms with Gasteiger partial charge in [-0.2, -0.15) is 0 Å². The van der Waals surface area contributed by atoms with Gasteiger partial charge in [-0.05, 0) is 18.2 Å². The summed E-state index contributed by atoms with van der Waals surface area (Å²) in [6.07, 6.45) is 4.09. The standard InChI is InChI=1S/C19H15ClN4O2/c1-26-17-4-2-3-16(24-17)15-6-5-11(8-21-15)18(25)14-10-23-19-13(14)7-12(20)9-22-19/h2-10,18,25H,1H3,(H,22,23). The first-order valence-electron chi connectivity index (χ1n) is 7.93. The maximum Gasteiger partial charge on any atom is 0.213 e. The van der Waals surface area contributed by atoms with Crippen LogP contribution >= 0.6 is 11.6 Å². The minimum absolute atomic E-state index is 0.517. The van der Waals surface area contributed by atoms with Gasteiger partial charge in [0.15, 0.2) is 0 Å². The SMILES string of the molecule is COc1cccc(-c2ccc(C(O)c3c[nH]c4ncc(Cl)cc34)cn2)n1. The van der Waals surface area contributed by atoms with Crippen molar-refractivity contribution in [2.75, 3.05) is 7.11 Å². The predicted molar refractivity (Wildman–Crippen MR) is 99.2 cm³/mol. The number of nitrogens with one attached hydrogen (secondary N) is 1. The molecule has 2 N–H and O–H groups in total. The molecule has 4 rings (SSSR count). The summed E-state index contributed by atoms with van der Waals surface area (Å²) in [5.74, 6) is 0.525. The third kappa shape index (κ3) is 3.00. The Morgan fingerprint density at radius 3 is 2.77 bits per heavy atom. The van der Waals surface area contributed by atoms with Gasteiger partial charge in [-0.1, -0.05) is 23.7 Å². The van der Waals surface area contributed by atoms with E-state index in [2.05, 4.69) is 19.9 Å². The second-order valence-electron chi connectivity index (χ2n) is 5.74. The zero-order valence-electron chi connectivity index (χ0n) is 13.8. The number of ether oxygens (including phenoxy) is 1. The van der Waals surface area contributed by atoms with Crippen molar-refractivity contribution >= 4 is 22.6 Å². The topological polar surface area (TPSA) is 83.9 Å². The molecule has 0 saturated heterocycles. The third-order valence-corrected chi connectivity index (χ3v) is 4.33. The predicted octanol–water partition coefficient (Wildman–Crippen LogP) is 3.76. The molecule has 6 nitrogen and oxygen atoms in total. The van der Waals surface area contributed by atoms with E-state index in [-0.39, 0.29) is 0 Å². The number of H-pyrrole nitrogens is 1. The number of aromatic amines is 1. The summed E-state index contributed by atoms with van der Waals surface area (Å²) in [5, 5.41) is 12.0. The largest absolute Gasteiger partial charge is 0.481 e. The Labute approximate surface area is 154 Å². The molecule has 0 amide bonds. The van der Waals surface area contributed by atoms with Crippen LogP contribution in [0.4, 0.5) is 0 Å². The van der Waals surface area contributed by atoms with Crippen molar-refractivity contribution < 1.29 is 9.84 Å². The van der Waals surface area contributed by atoms with E-state index < -0.39 is 6.10 Å². The molecule has 0 saturated carbocycles. The highest BCUT2D eigenvalue weighted by molar-refractivity contribution is 6.31. The molecule has 26 heavy (non-hydrogen) atoms. The minimum Gasteiger partial charge on any atom is -0.481 e. The number of aromatic nitrogens is 4. The number of hydrogen-bond acceptors (Lipinski definition) is 5. The fourth-order valence-electron chi connectivity index (χ4n) is 2.79. The maximum absolute atomic E-state index is 10.7. The maximum atomic E-state index is 10.7. The Hall–Kier alpha value is -2.96. The third-order valence-electron chi connectivity index (χ3n) is 4.12. The Bertz CT molecular complexity index is 1060. The molecule has 0 aliphatic heterocycles. The number of methoxy groups -OCH3 is 1. The number of fused-ring (bicyclic) bond motifs is 1. The Morgan fingerprint density at radius 1 is 1.12 bits per heavy atom. The zero-order valence-corrected chi connectivity index (χ0v) is 14.6. The molecular weight excluding hydrogens is 352 g/mol. The molecule has 0 radical (unpaired) electrons. The van der Waals surface area contributed by atoms with Gasteiger partial charge in [-0.25, -0.2) is 9.97 Å². The average molecular weight is 367 g/mol. The van der Waals surface area contributed by atoms with Gasteiger partial charge >= 0.3 is 0 Å². The summed E-state index contributed by atoms with van der Waals surface area (Å²) < 4.78 is 5.14. The number of pyridine rings is 3. The molecule has 4 aromatic heterocycles. The van der Waals surface area contributed by atoms with Crippen molar-refractivity contribution in [1.82, 2.24) is 19.9 Å². The number of aliphatic hydroxyl groups excluding tert-OH is 1. The van der Waals surface area contributed by atoms with E-state index in [1.54, 1.807) is 37.8 Å². The van der Waals surface area contributed by atoms with E-state index in [0.29, 0.717) is 39.1 Å². The number of rotatable bonds is 4. The van der Waals surface area contributed by atoms with Crippen LogP contribution in [-0.4, -0.2) is 32.2 Å². The summed E-state index contributed by atoms with van der Waals surface area (Å²) in [4.78, 5) is 16.0. The lowest BCUT2D eigenvalue weighted by Gasteiger charge is -2.11. The molecule has 1 unspecified atom stereocenters. The van der Waals surface area contributed by atoms with Crippen LogP contribution < -0.4 is 4.74 Å². The van der Waals surface area contributed by atoms with Crippen LogP contribution in [0.3, 0.4) is 0 Å². The van der Waals surface area contributed by atoms with Gasteiger partial charge in [0.1, 0.15) is 11.8 Å². The van der Waals surface area contributed by atoms with Crippen LogP contribution in [0.2, 0.25) is 5.02 Å². The Balaban J connectivity index is 1.66. The van der Waals surface area contributed by atoms with Crippen LogP contribution in [0, 0.1) is 0 Å². The number of halogens is 1. The fourth-order valence-corrected chi connectivity index (χ4v) is 2.95. The second-order valence-corrected chi connectivity index (χ2v) is 6.17. The van der Waals surface area contributed by atoms with Crippen molar-refractivity contribution in [3.63, 3.8) is 0 Å². The highest BCUT2D eigenvalue weighted by Gasteiger charge is 2.17. The first-order chi connectivity index (χ1) is 12.7. The van der Waals surface area contributed by atoms with Crippen LogP contribution in [0.15, 0.2) is 55.0 Å². The molecule has 1 atom stereocenters. The van der Waals surface area contributed by atoms with Gasteiger partial charge in [0, 0.05) is 41.2 Å². The number of nitrogens with zero attached hydrogens (tertiary/aromatic N) is 3. The first-order valence-corrected chi connectivity index (χ1v) is 8.31. The lowest BCUT2D eigenvalue weighted by Crippen LogP contribution is -2.00. The van der Waals surface area contributed by atoms with Crippen molar-refractivity contribution in [2.45, 2.75) is 6.10 Å². The quantitative estimate of drug-likeness (QED) is 0.574. The van der Waals surface area contributed by atoms with Gasteiger partial charge in [0.05, 0.1) is 23.5 Å². The van der Waals surface area contributed by atoms with E-state index in [1.807, 2.05) is 24.3 Å². The summed E-state index contributed by atoms with van der Waals surface area (Å²) in [5.41, 5.74) is 3.44. The molecule has 0 aliphatic rings. The molecule has 0 spiro atoms. The number of aliphatic hydroxyl groups is 1. The molecule has 0 bridgehead atoms. The summed E-state index contributed by atoms with van der Waals surface area (Å²) in [6, 6.07) is 10.9. The Morgan fingerprint density at radius 2 is 2.00 bits per heavy atom. The molecule has 0 aliphatic carbocycles. The monoisotopic (exact) mass is 366 g/mol. The summed E-state index contributed by atoms with van der Waals surface area (Å²) in [6.45, 7) is 0. The van der Waals surface area contributed by atoms with Gasteiger partial charge in [0.25, 0.3) is 0 Å². The first kappa shape index (κ1) is 16.5. The highest BCUT2D eigenvalue weighted by atomic mass is 35.5. The van der Waals surface area contributed by atoms with E-state index >= 15 is 0 Å². The normalized spacial score (nSPS) is 12.3.